The first-order valence-electron chi connectivity index (χ1n) is 8.38. The van der Waals surface area contributed by atoms with Gasteiger partial charge in [0.05, 0.1) is 6.07 Å². The number of hydrogen-bond acceptors (Lipinski definition) is 3. The third-order valence-corrected chi connectivity index (χ3v) is 5.35. The van der Waals surface area contributed by atoms with Crippen molar-refractivity contribution in [2.75, 3.05) is 5.32 Å². The third-order valence-electron chi connectivity index (χ3n) is 5.35. The van der Waals surface area contributed by atoms with E-state index in [-0.39, 0.29) is 5.41 Å². The highest BCUT2D eigenvalue weighted by Gasteiger charge is 2.43. The van der Waals surface area contributed by atoms with Gasteiger partial charge in [-0.1, -0.05) is 25.3 Å². The summed E-state index contributed by atoms with van der Waals surface area (Å²) in [7, 11) is 0. The molecule has 0 unspecified atom stereocenters. The van der Waals surface area contributed by atoms with Crippen molar-refractivity contribution >= 4 is 5.69 Å². The molecule has 1 aromatic heterocycles. The highest BCUT2D eigenvalue weighted by atomic mass is 15.0. The molecule has 4 heteroatoms. The zero-order valence-corrected chi connectivity index (χ0v) is 13.4. The van der Waals surface area contributed by atoms with Crippen LogP contribution >= 0.6 is 0 Å². The number of rotatable bonds is 1. The first-order chi connectivity index (χ1) is 11.8. The molecule has 2 aliphatic rings. The Balaban J connectivity index is 1.83. The van der Waals surface area contributed by atoms with E-state index in [0.29, 0.717) is 5.69 Å². The average Bonchev–Trinajstić information content (AvgIpc) is 3.20. The van der Waals surface area contributed by atoms with Crippen molar-refractivity contribution in [1.82, 2.24) is 4.98 Å². The third kappa shape index (κ3) is 2.12. The van der Waals surface area contributed by atoms with Gasteiger partial charge in [0, 0.05) is 28.6 Å². The van der Waals surface area contributed by atoms with E-state index in [4.69, 9.17) is 5.26 Å². The second-order valence-corrected chi connectivity index (χ2v) is 6.61. The number of nitrogens with one attached hydrogen (secondary N) is 2. The average molecular weight is 314 g/mol. The zero-order chi connectivity index (χ0) is 16.6. The molecule has 1 aliphatic carbocycles. The standard InChI is InChI=1S/C20H18N4/c21-11-8-19-20(9-2-1-3-10-20)16-12-14(4-6-18(16)24-19)17-7-5-15(13-22)23-17/h4-8,12,23-24H,1-3,9-10H2. The number of benzene rings is 1. The molecule has 1 aliphatic heterocycles. The van der Waals surface area contributed by atoms with Crippen LogP contribution in [0.3, 0.4) is 0 Å². The molecule has 0 bridgehead atoms. The van der Waals surface area contributed by atoms with Gasteiger partial charge in [0.2, 0.25) is 0 Å². The van der Waals surface area contributed by atoms with Crippen molar-refractivity contribution in [2.24, 2.45) is 0 Å². The van der Waals surface area contributed by atoms with Gasteiger partial charge in [-0.05, 0) is 48.2 Å². The fourth-order valence-corrected chi connectivity index (χ4v) is 4.19. The molecule has 1 fully saturated rings. The van der Waals surface area contributed by atoms with E-state index in [2.05, 4.69) is 40.6 Å². The number of nitriles is 2. The molecule has 4 rings (SSSR count). The lowest BCUT2D eigenvalue weighted by Crippen LogP contribution is -2.29. The fourth-order valence-electron chi connectivity index (χ4n) is 4.19. The van der Waals surface area contributed by atoms with E-state index < -0.39 is 0 Å². The lowest BCUT2D eigenvalue weighted by molar-refractivity contribution is 0.350. The van der Waals surface area contributed by atoms with E-state index in [9.17, 15) is 5.26 Å². The van der Waals surface area contributed by atoms with Gasteiger partial charge in [-0.25, -0.2) is 0 Å². The van der Waals surface area contributed by atoms with Crippen LogP contribution in [0.5, 0.6) is 0 Å². The Morgan fingerprint density at radius 2 is 1.88 bits per heavy atom. The predicted molar refractivity (Wildman–Crippen MR) is 93.0 cm³/mol. The molecular formula is C20H18N4. The molecule has 2 heterocycles. The normalized spacial score (nSPS) is 19.5. The van der Waals surface area contributed by atoms with Crippen LogP contribution in [0.25, 0.3) is 11.3 Å². The van der Waals surface area contributed by atoms with E-state index in [1.807, 2.05) is 6.07 Å². The van der Waals surface area contributed by atoms with Gasteiger partial charge in [-0.3, -0.25) is 0 Å². The highest BCUT2D eigenvalue weighted by Crippen LogP contribution is 2.52. The summed E-state index contributed by atoms with van der Waals surface area (Å²) in [5.41, 5.74) is 5.99. The van der Waals surface area contributed by atoms with Gasteiger partial charge in [-0.2, -0.15) is 10.5 Å². The van der Waals surface area contributed by atoms with Crippen molar-refractivity contribution in [3.8, 4) is 23.4 Å². The first kappa shape index (κ1) is 14.6. The van der Waals surface area contributed by atoms with E-state index in [1.165, 1.54) is 24.8 Å². The first-order valence-corrected chi connectivity index (χ1v) is 8.38. The quantitative estimate of drug-likeness (QED) is 0.756. The molecule has 0 atom stereocenters. The van der Waals surface area contributed by atoms with Crippen molar-refractivity contribution < 1.29 is 0 Å². The minimum absolute atomic E-state index is 0.0516. The molecule has 4 nitrogen and oxygen atoms in total. The second-order valence-electron chi connectivity index (χ2n) is 6.61. The van der Waals surface area contributed by atoms with Gasteiger partial charge >= 0.3 is 0 Å². The molecular weight excluding hydrogens is 296 g/mol. The topological polar surface area (TPSA) is 75.4 Å². The van der Waals surface area contributed by atoms with Gasteiger partial charge in [0.15, 0.2) is 0 Å². The summed E-state index contributed by atoms with van der Waals surface area (Å²) in [6.07, 6.45) is 7.48. The van der Waals surface area contributed by atoms with Crippen LogP contribution in [0.1, 0.15) is 43.4 Å². The van der Waals surface area contributed by atoms with Gasteiger partial charge in [0.25, 0.3) is 0 Å². The molecule has 1 aromatic carbocycles. The second kappa shape index (κ2) is 5.58. The van der Waals surface area contributed by atoms with Crippen LogP contribution in [0.15, 0.2) is 42.1 Å². The molecule has 24 heavy (non-hydrogen) atoms. The highest BCUT2D eigenvalue weighted by molar-refractivity contribution is 5.75. The van der Waals surface area contributed by atoms with Crippen LogP contribution < -0.4 is 5.32 Å². The SMILES string of the molecule is N#CC=C1Nc2ccc(-c3ccc(C#N)[nH]3)cc2C12CCCCC2. The Bertz CT molecular complexity index is 898. The largest absolute Gasteiger partial charge is 0.357 e. The van der Waals surface area contributed by atoms with Gasteiger partial charge in [0.1, 0.15) is 11.8 Å². The number of hydrogen-bond donors (Lipinski definition) is 2. The summed E-state index contributed by atoms with van der Waals surface area (Å²) in [5.74, 6) is 0. The Morgan fingerprint density at radius 1 is 1.04 bits per heavy atom. The van der Waals surface area contributed by atoms with Crippen molar-refractivity contribution in [1.29, 1.82) is 10.5 Å². The maximum absolute atomic E-state index is 9.18. The summed E-state index contributed by atoms with van der Waals surface area (Å²) in [6, 6.07) is 14.5. The summed E-state index contributed by atoms with van der Waals surface area (Å²) in [4.78, 5) is 3.15. The van der Waals surface area contributed by atoms with E-state index in [1.54, 1.807) is 12.1 Å². The predicted octanol–water partition coefficient (Wildman–Crippen LogP) is 4.59. The lowest BCUT2D eigenvalue weighted by Gasteiger charge is -2.34. The smallest absolute Gasteiger partial charge is 0.118 e. The minimum Gasteiger partial charge on any atom is -0.357 e. The molecule has 2 aromatic rings. The molecule has 0 radical (unpaired) electrons. The van der Waals surface area contributed by atoms with Crippen LogP contribution in [0.4, 0.5) is 5.69 Å². The molecule has 0 saturated heterocycles. The van der Waals surface area contributed by atoms with Gasteiger partial charge < -0.3 is 10.3 Å². The molecule has 118 valence electrons. The molecule has 2 N–H and O–H groups in total. The van der Waals surface area contributed by atoms with Crippen molar-refractivity contribution in [3.63, 3.8) is 0 Å². The Kier molecular flexibility index (Phi) is 3.40. The van der Waals surface area contributed by atoms with Crippen LogP contribution in [0, 0.1) is 22.7 Å². The summed E-state index contributed by atoms with van der Waals surface area (Å²) in [5, 5.41) is 21.7. The molecule has 1 saturated carbocycles. The Hall–Kier alpha value is -2.98. The number of H-pyrrole nitrogens is 1. The number of fused-ring (bicyclic) bond motifs is 2. The minimum atomic E-state index is -0.0516. The van der Waals surface area contributed by atoms with Crippen LogP contribution in [0.2, 0.25) is 0 Å². The summed E-state index contributed by atoms with van der Waals surface area (Å²) < 4.78 is 0. The maximum atomic E-state index is 9.18. The number of nitrogens with zero attached hydrogens (tertiary/aromatic N) is 2. The van der Waals surface area contributed by atoms with E-state index in [0.717, 1.165) is 35.5 Å². The maximum Gasteiger partial charge on any atom is 0.118 e. The monoisotopic (exact) mass is 314 g/mol. The fraction of sp³-hybridized carbons (Fsp3) is 0.300. The number of allylic oxidation sites excluding steroid dienone is 2. The van der Waals surface area contributed by atoms with Crippen LogP contribution in [-0.2, 0) is 5.41 Å². The Labute approximate surface area is 141 Å². The number of anilines is 1. The Morgan fingerprint density at radius 3 is 2.58 bits per heavy atom. The summed E-state index contributed by atoms with van der Waals surface area (Å²) in [6.45, 7) is 0. The number of aromatic nitrogens is 1. The summed E-state index contributed by atoms with van der Waals surface area (Å²) >= 11 is 0. The molecule has 0 amide bonds. The van der Waals surface area contributed by atoms with Gasteiger partial charge in [-0.15, -0.1) is 0 Å². The van der Waals surface area contributed by atoms with Crippen molar-refractivity contribution in [3.05, 3.63) is 53.4 Å². The molecule has 1 spiro atoms. The van der Waals surface area contributed by atoms with Crippen LogP contribution in [-0.4, -0.2) is 4.98 Å². The van der Waals surface area contributed by atoms with E-state index >= 15 is 0 Å². The van der Waals surface area contributed by atoms with Crippen molar-refractivity contribution in [2.45, 2.75) is 37.5 Å². The lowest BCUT2D eigenvalue weighted by atomic mass is 9.68. The number of aromatic amines is 1. The zero-order valence-electron chi connectivity index (χ0n) is 13.4.